The first kappa shape index (κ1) is 16.2. The zero-order chi connectivity index (χ0) is 11.8. The van der Waals surface area contributed by atoms with Gasteiger partial charge in [-0.1, -0.05) is 0 Å². The summed E-state index contributed by atoms with van der Waals surface area (Å²) in [4.78, 5) is 10.1. The Kier molecular flexibility index (Phi) is 9.34. The normalized spacial score (nSPS) is 12.7. The Labute approximate surface area is 91.1 Å². The molecule has 0 aliphatic carbocycles. The number of nitrogens with zero attached hydrogens (tertiary/aromatic N) is 1. The number of carboxylic acids is 1. The molecule has 86 valence electrons. The summed E-state index contributed by atoms with van der Waals surface area (Å²) in [5.74, 6) is -0.1000. The van der Waals surface area contributed by atoms with Gasteiger partial charge in [0.15, 0.2) is 0 Å². The average molecular weight is 223 g/mol. The molecule has 0 aromatic carbocycles. The van der Waals surface area contributed by atoms with Gasteiger partial charge < -0.3 is 15.3 Å². The van der Waals surface area contributed by atoms with Gasteiger partial charge in [0.1, 0.15) is 6.04 Å². The van der Waals surface area contributed by atoms with Gasteiger partial charge in [-0.25, -0.2) is 0 Å². The maximum atomic E-state index is 10.1. The van der Waals surface area contributed by atoms with E-state index in [2.05, 4.69) is 28.2 Å². The van der Waals surface area contributed by atoms with E-state index >= 15 is 0 Å². The summed E-state index contributed by atoms with van der Waals surface area (Å²) >= 11 is 1.60. The highest BCUT2D eigenvalue weighted by atomic mass is 32.2. The highest BCUT2D eigenvalue weighted by molar-refractivity contribution is 7.98. The molecule has 0 saturated carbocycles. The van der Waals surface area contributed by atoms with Crippen LogP contribution in [0.2, 0.25) is 0 Å². The summed E-state index contributed by atoms with van der Waals surface area (Å²) in [5.41, 5.74) is 5.19. The van der Waals surface area contributed by atoms with Crippen molar-refractivity contribution in [1.29, 1.82) is 0 Å². The summed E-state index contributed by atoms with van der Waals surface area (Å²) in [6.07, 6.45) is 2.48. The quantitative estimate of drug-likeness (QED) is 0.680. The highest BCUT2D eigenvalue weighted by Crippen LogP contribution is 1.97. The van der Waals surface area contributed by atoms with E-state index in [1.165, 1.54) is 0 Å². The predicted molar refractivity (Wildman–Crippen MR) is 62.6 cm³/mol. The monoisotopic (exact) mass is 223 g/mol. The van der Waals surface area contributed by atoms with Crippen LogP contribution in [0, 0.1) is 0 Å². The Balaban J connectivity index is 0. The van der Waals surface area contributed by atoms with E-state index in [9.17, 15) is 4.79 Å². The number of carbonyl (C=O) groups is 1. The van der Waals surface area contributed by atoms with Gasteiger partial charge in [0.25, 0.3) is 0 Å². The second-order valence-corrected chi connectivity index (χ2v) is 5.40. The molecule has 0 aliphatic heterocycles. The van der Waals surface area contributed by atoms with E-state index in [1.54, 1.807) is 11.8 Å². The number of rotatable bonds is 4. The fourth-order valence-corrected chi connectivity index (χ4v) is 0.858. The van der Waals surface area contributed by atoms with E-state index < -0.39 is 12.0 Å². The number of hydrogen-bond donors (Lipinski definition) is 2. The number of hydrogen-bond acceptors (Lipinski definition) is 3. The second kappa shape index (κ2) is 8.08. The lowest BCUT2D eigenvalue weighted by atomic mass is 10.2. The minimum Gasteiger partial charge on any atom is -0.480 e. The number of aliphatic carboxylic acids is 1. The van der Waals surface area contributed by atoms with Gasteiger partial charge in [0.05, 0.1) is 28.2 Å². The minimum absolute atomic E-state index is 0.552. The van der Waals surface area contributed by atoms with Gasteiger partial charge in [-0.15, -0.1) is 0 Å². The van der Waals surface area contributed by atoms with E-state index in [4.69, 9.17) is 10.8 Å². The van der Waals surface area contributed by atoms with Crippen LogP contribution in [-0.2, 0) is 4.79 Å². The standard InChI is InChI=1S/C5H11NO2S.C4H12N/c1-9-3-2-4(6)5(7)8;1-5(2,3)4/h4H,2-3,6H2,1H3,(H,7,8);1-4H3/q;+1/t4-;/m0./s1. The molecular formula is C9H23N2O2S+. The lowest BCUT2D eigenvalue weighted by Crippen LogP contribution is -2.30. The maximum Gasteiger partial charge on any atom is 0.320 e. The molecule has 3 N–H and O–H groups in total. The first-order valence-corrected chi connectivity index (χ1v) is 5.84. The van der Waals surface area contributed by atoms with Crippen molar-refractivity contribution in [3.05, 3.63) is 0 Å². The molecule has 14 heavy (non-hydrogen) atoms. The van der Waals surface area contributed by atoms with Crippen molar-refractivity contribution >= 4 is 17.7 Å². The fourth-order valence-electron chi connectivity index (χ4n) is 0.368. The lowest BCUT2D eigenvalue weighted by Gasteiger charge is -2.14. The molecule has 0 aromatic rings. The molecule has 0 unspecified atom stereocenters. The van der Waals surface area contributed by atoms with Gasteiger partial charge in [0, 0.05) is 0 Å². The third kappa shape index (κ3) is 22.6. The van der Waals surface area contributed by atoms with Crippen LogP contribution < -0.4 is 5.73 Å². The largest absolute Gasteiger partial charge is 0.480 e. The molecule has 0 aliphatic rings. The lowest BCUT2D eigenvalue weighted by molar-refractivity contribution is -0.849. The summed E-state index contributed by atoms with van der Waals surface area (Å²) in [6.45, 7) is 0. The molecule has 4 nitrogen and oxygen atoms in total. The van der Waals surface area contributed by atoms with Crippen LogP contribution in [0.3, 0.4) is 0 Å². The smallest absolute Gasteiger partial charge is 0.320 e. The average Bonchev–Trinajstić information content (AvgIpc) is 1.96. The van der Waals surface area contributed by atoms with Crippen molar-refractivity contribution in [3.63, 3.8) is 0 Å². The van der Waals surface area contributed by atoms with Crippen LogP contribution in [0.1, 0.15) is 6.42 Å². The Morgan fingerprint density at radius 3 is 2.00 bits per heavy atom. The number of quaternary nitrogens is 1. The molecule has 0 rings (SSSR count). The van der Waals surface area contributed by atoms with E-state index in [0.29, 0.717) is 6.42 Å². The zero-order valence-corrected chi connectivity index (χ0v) is 10.6. The van der Waals surface area contributed by atoms with Crippen molar-refractivity contribution in [3.8, 4) is 0 Å². The highest BCUT2D eigenvalue weighted by Gasteiger charge is 2.08. The van der Waals surface area contributed by atoms with Crippen LogP contribution in [0.5, 0.6) is 0 Å². The SMILES string of the molecule is CSCC[C@H](N)C(=O)O.C[N+](C)(C)C. The van der Waals surface area contributed by atoms with E-state index in [0.717, 1.165) is 10.2 Å². The minimum atomic E-state index is -0.913. The van der Waals surface area contributed by atoms with E-state index in [1.807, 2.05) is 6.26 Å². The van der Waals surface area contributed by atoms with Gasteiger partial charge in [-0.05, 0) is 18.4 Å². The van der Waals surface area contributed by atoms with Gasteiger partial charge in [0.2, 0.25) is 0 Å². The summed E-state index contributed by atoms with van der Waals surface area (Å²) in [6, 6.07) is -0.683. The molecule has 5 heteroatoms. The van der Waals surface area contributed by atoms with Crippen molar-refractivity contribution in [2.45, 2.75) is 12.5 Å². The van der Waals surface area contributed by atoms with Gasteiger partial charge in [-0.2, -0.15) is 11.8 Å². The Bertz CT molecular complexity index is 151. The van der Waals surface area contributed by atoms with Crippen molar-refractivity contribution in [2.75, 3.05) is 40.2 Å². The molecule has 1 atom stereocenters. The Morgan fingerprint density at radius 2 is 1.79 bits per heavy atom. The van der Waals surface area contributed by atoms with Gasteiger partial charge >= 0.3 is 5.97 Å². The van der Waals surface area contributed by atoms with Crippen LogP contribution >= 0.6 is 11.8 Å². The Morgan fingerprint density at radius 1 is 1.43 bits per heavy atom. The van der Waals surface area contributed by atoms with Gasteiger partial charge in [-0.3, -0.25) is 4.79 Å². The molecule has 0 heterocycles. The third-order valence-corrected chi connectivity index (χ3v) is 1.59. The molecule has 0 bridgehead atoms. The molecule has 0 spiro atoms. The summed E-state index contributed by atoms with van der Waals surface area (Å²) < 4.78 is 1.00. The van der Waals surface area contributed by atoms with Crippen molar-refractivity contribution in [1.82, 2.24) is 0 Å². The predicted octanol–water partition coefficient (Wildman–Crippen LogP) is 0.474. The summed E-state index contributed by atoms with van der Waals surface area (Å²) in [5, 5.41) is 8.27. The number of nitrogens with two attached hydrogens (primary N) is 1. The van der Waals surface area contributed by atoms with Crippen molar-refractivity contribution in [2.24, 2.45) is 5.73 Å². The number of carboxylic acid groups (broad SMARTS) is 1. The van der Waals surface area contributed by atoms with Crippen molar-refractivity contribution < 1.29 is 14.4 Å². The second-order valence-electron chi connectivity index (χ2n) is 4.41. The van der Waals surface area contributed by atoms with Crippen LogP contribution in [-0.4, -0.2) is 61.8 Å². The molecule has 0 radical (unpaired) electrons. The third-order valence-electron chi connectivity index (χ3n) is 0.950. The number of thioether (sulfide) groups is 1. The van der Waals surface area contributed by atoms with Crippen LogP contribution in [0.4, 0.5) is 0 Å². The first-order valence-electron chi connectivity index (χ1n) is 4.44. The van der Waals surface area contributed by atoms with Crippen LogP contribution in [0.15, 0.2) is 0 Å². The first-order chi connectivity index (χ1) is 6.18. The molecule has 0 fully saturated rings. The zero-order valence-electron chi connectivity index (χ0n) is 9.78. The Hall–Kier alpha value is -0.260. The maximum absolute atomic E-state index is 10.1. The molecule has 0 aromatic heterocycles. The molecule has 0 saturated heterocycles. The topological polar surface area (TPSA) is 63.3 Å². The fraction of sp³-hybridized carbons (Fsp3) is 0.889. The summed E-state index contributed by atoms with van der Waals surface area (Å²) in [7, 11) is 8.50. The van der Waals surface area contributed by atoms with E-state index in [-0.39, 0.29) is 0 Å². The molecule has 0 amide bonds. The molecular weight excluding hydrogens is 200 g/mol. The van der Waals surface area contributed by atoms with Crippen LogP contribution in [0.25, 0.3) is 0 Å².